The number of esters is 1. The predicted molar refractivity (Wildman–Crippen MR) is 121 cm³/mol. The average molecular weight is 445 g/mol. The lowest BCUT2D eigenvalue weighted by atomic mass is 10.0. The van der Waals surface area contributed by atoms with Gasteiger partial charge in [0.15, 0.2) is 0 Å². The van der Waals surface area contributed by atoms with Crippen LogP contribution in [0.25, 0.3) is 11.0 Å². The van der Waals surface area contributed by atoms with Gasteiger partial charge in [-0.3, -0.25) is 14.9 Å². The number of ether oxygens (including phenoxy) is 2. The number of carbonyl (C=O) groups excluding carboxylic acids is 1. The second-order valence-electron chi connectivity index (χ2n) is 7.55. The van der Waals surface area contributed by atoms with Crippen LogP contribution in [0.5, 0.6) is 17.2 Å². The van der Waals surface area contributed by atoms with Gasteiger partial charge in [-0.15, -0.1) is 0 Å². The monoisotopic (exact) mass is 445 g/mol. The van der Waals surface area contributed by atoms with Crippen LogP contribution >= 0.6 is 0 Å². The number of nitrogens with zero attached hydrogens (tertiary/aromatic N) is 1. The third kappa shape index (κ3) is 4.45. The maximum atomic E-state index is 12.9. The second-order valence-corrected chi connectivity index (χ2v) is 7.55. The van der Waals surface area contributed by atoms with Crippen LogP contribution in [-0.2, 0) is 0 Å². The molecule has 3 aromatic carbocycles. The van der Waals surface area contributed by atoms with E-state index in [0.717, 1.165) is 5.56 Å². The quantitative estimate of drug-likeness (QED) is 0.159. The fraction of sp³-hybridized carbons (Fsp3) is 0.120. The summed E-state index contributed by atoms with van der Waals surface area (Å²) in [5, 5.41) is 11.4. The first kappa shape index (κ1) is 21.8. The van der Waals surface area contributed by atoms with E-state index in [-0.39, 0.29) is 45.1 Å². The van der Waals surface area contributed by atoms with Crippen molar-refractivity contribution in [2.45, 2.75) is 19.8 Å². The van der Waals surface area contributed by atoms with Crippen molar-refractivity contribution in [2.24, 2.45) is 0 Å². The number of nitro groups is 1. The zero-order valence-corrected chi connectivity index (χ0v) is 17.8. The summed E-state index contributed by atoms with van der Waals surface area (Å²) >= 11 is 0. The van der Waals surface area contributed by atoms with Crippen molar-refractivity contribution in [3.8, 4) is 17.2 Å². The van der Waals surface area contributed by atoms with Gasteiger partial charge in [0.2, 0.25) is 11.2 Å². The molecule has 8 nitrogen and oxygen atoms in total. The van der Waals surface area contributed by atoms with Gasteiger partial charge in [-0.25, -0.2) is 4.79 Å². The number of fused-ring (bicyclic) bond motifs is 1. The van der Waals surface area contributed by atoms with Crippen molar-refractivity contribution >= 4 is 22.6 Å². The first-order chi connectivity index (χ1) is 15.8. The first-order valence-corrected chi connectivity index (χ1v) is 10.1. The van der Waals surface area contributed by atoms with E-state index >= 15 is 0 Å². The van der Waals surface area contributed by atoms with Crippen molar-refractivity contribution < 1.29 is 23.6 Å². The van der Waals surface area contributed by atoms with E-state index in [2.05, 4.69) is 0 Å². The molecule has 0 bridgehead atoms. The molecule has 0 atom stereocenters. The third-order valence-electron chi connectivity index (χ3n) is 5.01. The summed E-state index contributed by atoms with van der Waals surface area (Å²) in [6.45, 7) is 4.05. The highest BCUT2D eigenvalue weighted by Crippen LogP contribution is 2.30. The van der Waals surface area contributed by atoms with Gasteiger partial charge in [0.05, 0.1) is 10.3 Å². The molecule has 0 saturated carbocycles. The third-order valence-corrected chi connectivity index (χ3v) is 5.01. The molecule has 8 heteroatoms. The maximum Gasteiger partial charge on any atom is 0.350 e. The number of rotatable bonds is 6. The fourth-order valence-corrected chi connectivity index (χ4v) is 3.36. The van der Waals surface area contributed by atoms with E-state index < -0.39 is 10.9 Å². The number of carbonyl (C=O) groups is 1. The minimum absolute atomic E-state index is 0.0280. The molecule has 0 aliphatic heterocycles. The van der Waals surface area contributed by atoms with Crippen molar-refractivity contribution in [3.05, 3.63) is 104 Å². The summed E-state index contributed by atoms with van der Waals surface area (Å²) in [5.41, 5.74) is 0.202. The molecule has 0 aliphatic carbocycles. The van der Waals surface area contributed by atoms with E-state index in [1.807, 2.05) is 32.0 Å². The topological polar surface area (TPSA) is 109 Å². The molecule has 4 aromatic rings. The van der Waals surface area contributed by atoms with Crippen molar-refractivity contribution in [1.29, 1.82) is 0 Å². The van der Waals surface area contributed by atoms with Gasteiger partial charge in [-0.1, -0.05) is 44.2 Å². The van der Waals surface area contributed by atoms with E-state index in [9.17, 15) is 19.7 Å². The normalized spacial score (nSPS) is 10.9. The Kier molecular flexibility index (Phi) is 5.91. The number of para-hydroxylation sites is 2. The van der Waals surface area contributed by atoms with Gasteiger partial charge in [0.25, 0.3) is 5.69 Å². The summed E-state index contributed by atoms with van der Waals surface area (Å²) in [5.74, 6) is -0.0253. The molecule has 166 valence electrons. The Morgan fingerprint density at radius 2 is 1.73 bits per heavy atom. The highest BCUT2D eigenvalue weighted by Gasteiger charge is 2.21. The van der Waals surface area contributed by atoms with Crippen molar-refractivity contribution in [2.75, 3.05) is 0 Å². The Balaban J connectivity index is 1.62. The molecule has 0 unspecified atom stereocenters. The second kappa shape index (κ2) is 8.96. The van der Waals surface area contributed by atoms with Gasteiger partial charge < -0.3 is 13.9 Å². The van der Waals surface area contributed by atoms with Gasteiger partial charge in [0.1, 0.15) is 28.9 Å². The predicted octanol–water partition coefficient (Wildman–Crippen LogP) is 5.84. The van der Waals surface area contributed by atoms with E-state index in [1.54, 1.807) is 6.07 Å². The number of benzene rings is 3. The van der Waals surface area contributed by atoms with E-state index in [4.69, 9.17) is 13.9 Å². The minimum atomic E-state index is -0.894. The highest BCUT2D eigenvalue weighted by molar-refractivity contribution is 5.95. The van der Waals surface area contributed by atoms with Crippen LogP contribution in [0.1, 0.15) is 35.7 Å². The molecule has 0 spiro atoms. The molecule has 4 rings (SSSR count). The molecular weight excluding hydrogens is 426 g/mol. The summed E-state index contributed by atoms with van der Waals surface area (Å²) in [6.07, 6.45) is 1.20. The lowest BCUT2D eigenvalue weighted by Crippen LogP contribution is -2.11. The fourth-order valence-electron chi connectivity index (χ4n) is 3.36. The molecular formula is C25H19NO7. The van der Waals surface area contributed by atoms with Crippen molar-refractivity contribution in [1.82, 2.24) is 0 Å². The lowest BCUT2D eigenvalue weighted by Gasteiger charge is -2.13. The van der Waals surface area contributed by atoms with Gasteiger partial charge in [0, 0.05) is 12.1 Å². The first-order valence-electron chi connectivity index (χ1n) is 10.1. The molecule has 0 aliphatic rings. The molecule has 1 aromatic heterocycles. The van der Waals surface area contributed by atoms with Gasteiger partial charge >= 0.3 is 5.97 Å². The molecule has 0 saturated heterocycles. The van der Waals surface area contributed by atoms with Crippen LogP contribution in [0.15, 0.2) is 82.2 Å². The maximum absolute atomic E-state index is 12.9. The zero-order valence-electron chi connectivity index (χ0n) is 17.8. The van der Waals surface area contributed by atoms with Crippen LogP contribution in [0.3, 0.4) is 0 Å². The Morgan fingerprint density at radius 1 is 1.00 bits per heavy atom. The van der Waals surface area contributed by atoms with Crippen LogP contribution < -0.4 is 14.9 Å². The summed E-state index contributed by atoms with van der Waals surface area (Å²) < 4.78 is 16.7. The minimum Gasteiger partial charge on any atom is -0.460 e. The SMILES string of the molecule is CC(C)c1ccccc1Oc1coc2cc(OC(=O)c3ccccc3[N+](=O)[O-])ccc2c1=O. The smallest absolute Gasteiger partial charge is 0.350 e. The van der Waals surface area contributed by atoms with Crippen LogP contribution in [0.4, 0.5) is 5.69 Å². The van der Waals surface area contributed by atoms with Crippen LogP contribution in [0.2, 0.25) is 0 Å². The van der Waals surface area contributed by atoms with Crippen LogP contribution in [-0.4, -0.2) is 10.9 Å². The lowest BCUT2D eigenvalue weighted by molar-refractivity contribution is -0.385. The average Bonchev–Trinajstić information content (AvgIpc) is 2.81. The summed E-state index contributed by atoms with van der Waals surface area (Å²) in [4.78, 5) is 35.9. The number of nitro benzene ring substituents is 1. The molecule has 1 heterocycles. The largest absolute Gasteiger partial charge is 0.460 e. The summed E-state index contributed by atoms with van der Waals surface area (Å²) in [7, 11) is 0. The standard InChI is InChI=1S/C25H19NO7/c1-15(2)17-7-4-6-10-21(17)33-23-14-31-22-13-16(11-12-19(22)24(23)27)32-25(28)18-8-3-5-9-20(18)26(29)30/h3-15H,1-2H3. The van der Waals surface area contributed by atoms with E-state index in [0.29, 0.717) is 5.75 Å². The molecule has 33 heavy (non-hydrogen) atoms. The Hall–Kier alpha value is -4.46. The summed E-state index contributed by atoms with van der Waals surface area (Å²) in [6, 6.07) is 17.2. The highest BCUT2D eigenvalue weighted by atomic mass is 16.6. The molecule has 0 N–H and O–H groups in total. The zero-order chi connectivity index (χ0) is 23.5. The van der Waals surface area contributed by atoms with E-state index in [1.165, 1.54) is 48.7 Å². The van der Waals surface area contributed by atoms with Crippen molar-refractivity contribution in [3.63, 3.8) is 0 Å². The Morgan fingerprint density at radius 3 is 2.48 bits per heavy atom. The molecule has 0 radical (unpaired) electrons. The van der Waals surface area contributed by atoms with Gasteiger partial charge in [-0.05, 0) is 35.7 Å². The number of hydrogen-bond donors (Lipinski definition) is 0. The van der Waals surface area contributed by atoms with Crippen LogP contribution in [0, 0.1) is 10.1 Å². The Bertz CT molecular complexity index is 1420. The van der Waals surface area contributed by atoms with Gasteiger partial charge in [-0.2, -0.15) is 0 Å². The Labute approximate surface area is 188 Å². The number of hydrogen-bond acceptors (Lipinski definition) is 7. The molecule has 0 fully saturated rings. The molecule has 0 amide bonds.